The quantitative estimate of drug-likeness (QED) is 0.829. The van der Waals surface area contributed by atoms with Crippen molar-refractivity contribution in [1.29, 1.82) is 0 Å². The molecule has 4 rings (SSSR count). The second-order valence-corrected chi connectivity index (χ2v) is 8.99. The molecular weight excluding hydrogens is 366 g/mol. The number of aliphatic hydroxyl groups is 1. The molecule has 1 atom stereocenters. The van der Waals surface area contributed by atoms with Crippen molar-refractivity contribution in [3.8, 4) is 5.75 Å². The summed E-state index contributed by atoms with van der Waals surface area (Å²) in [6.07, 6.45) is 4.88. The van der Waals surface area contributed by atoms with Gasteiger partial charge in [0.1, 0.15) is 5.75 Å². The summed E-state index contributed by atoms with van der Waals surface area (Å²) in [5, 5.41) is 18.8. The number of likely N-dealkylation sites (tertiary alicyclic amines) is 2. The van der Waals surface area contributed by atoms with Gasteiger partial charge in [-0.15, -0.1) is 5.10 Å². The molecule has 7 nitrogen and oxygen atoms in total. The lowest BCUT2D eigenvalue weighted by molar-refractivity contribution is -0.0450. The number of ether oxygens (including phenoxy) is 1. The number of hydrogen-bond acceptors (Lipinski definition) is 6. The molecule has 158 valence electrons. The van der Waals surface area contributed by atoms with Crippen molar-refractivity contribution in [3.63, 3.8) is 0 Å². The minimum absolute atomic E-state index is 0.210. The first kappa shape index (κ1) is 20.3. The fourth-order valence-electron chi connectivity index (χ4n) is 5.05. The van der Waals surface area contributed by atoms with E-state index in [0.717, 1.165) is 70.0 Å². The zero-order valence-corrected chi connectivity index (χ0v) is 17.8. The number of methoxy groups -OCH3 is 1. The second kappa shape index (κ2) is 8.42. The maximum Gasteiger partial charge on any atom is 0.122 e. The van der Waals surface area contributed by atoms with Crippen molar-refractivity contribution < 1.29 is 9.84 Å². The zero-order chi connectivity index (χ0) is 20.4. The van der Waals surface area contributed by atoms with Crippen molar-refractivity contribution in [2.75, 3.05) is 33.3 Å². The van der Waals surface area contributed by atoms with Gasteiger partial charge in [0.2, 0.25) is 0 Å². The van der Waals surface area contributed by atoms with Crippen LogP contribution in [0.4, 0.5) is 0 Å². The molecule has 1 aromatic carbocycles. The van der Waals surface area contributed by atoms with Crippen LogP contribution >= 0.6 is 0 Å². The van der Waals surface area contributed by atoms with E-state index in [0.29, 0.717) is 0 Å². The molecule has 1 N–H and O–H groups in total. The molecule has 1 aromatic heterocycles. The number of β-amino-alcohol motifs (C(OH)–C–C–N with tert-alkyl or cyclic N) is 1. The zero-order valence-electron chi connectivity index (χ0n) is 17.8. The maximum atomic E-state index is 10.6. The highest BCUT2D eigenvalue weighted by Crippen LogP contribution is 2.40. The van der Waals surface area contributed by atoms with E-state index < -0.39 is 0 Å². The number of aryl methyl sites for hydroxylation is 2. The summed E-state index contributed by atoms with van der Waals surface area (Å²) in [6, 6.07) is 6.50. The SMILES string of the molecule is COc1cc(CN2CCC3(CC2)CC(O)CN(Cc2cn(C)nn2)C3)ccc1C. The number of piperidine rings is 2. The Bertz CT molecular complexity index is 828. The number of benzene rings is 1. The highest BCUT2D eigenvalue weighted by atomic mass is 16.5. The molecule has 2 saturated heterocycles. The van der Waals surface area contributed by atoms with Crippen LogP contribution < -0.4 is 4.74 Å². The van der Waals surface area contributed by atoms with Gasteiger partial charge in [0, 0.05) is 39.4 Å². The first-order valence-corrected chi connectivity index (χ1v) is 10.6. The lowest BCUT2D eigenvalue weighted by Gasteiger charge is -2.49. The Morgan fingerprint density at radius 3 is 2.69 bits per heavy atom. The van der Waals surface area contributed by atoms with Gasteiger partial charge >= 0.3 is 0 Å². The van der Waals surface area contributed by atoms with Gasteiger partial charge in [-0.05, 0) is 61.9 Å². The topological polar surface area (TPSA) is 66.7 Å². The van der Waals surface area contributed by atoms with Gasteiger partial charge in [0.15, 0.2) is 0 Å². The molecule has 1 unspecified atom stereocenters. The van der Waals surface area contributed by atoms with Crippen molar-refractivity contribution in [2.24, 2.45) is 12.5 Å². The van der Waals surface area contributed by atoms with Crippen molar-refractivity contribution in [2.45, 2.75) is 45.4 Å². The molecule has 29 heavy (non-hydrogen) atoms. The summed E-state index contributed by atoms with van der Waals surface area (Å²) in [5.74, 6) is 0.964. The average molecular weight is 400 g/mol. The van der Waals surface area contributed by atoms with E-state index in [2.05, 4.69) is 45.2 Å². The monoisotopic (exact) mass is 399 g/mol. The Morgan fingerprint density at radius 2 is 2.00 bits per heavy atom. The molecule has 2 aromatic rings. The van der Waals surface area contributed by atoms with Crippen LogP contribution in [0.1, 0.15) is 36.1 Å². The fraction of sp³-hybridized carbons (Fsp3) is 0.636. The van der Waals surface area contributed by atoms with Gasteiger partial charge in [-0.2, -0.15) is 0 Å². The van der Waals surface area contributed by atoms with Crippen LogP contribution in [0.15, 0.2) is 24.4 Å². The standard InChI is InChI=1S/C22H33N5O2/c1-17-4-5-18(10-21(17)29-3)12-26-8-6-22(7-9-26)11-20(28)15-27(16-22)14-19-13-25(2)24-23-19/h4-5,10,13,20,28H,6-9,11-12,14-16H2,1-3H3. The van der Waals surface area contributed by atoms with Crippen LogP contribution in [-0.4, -0.2) is 69.3 Å². The summed E-state index contributed by atoms with van der Waals surface area (Å²) < 4.78 is 7.22. The normalized spacial score (nSPS) is 22.8. The van der Waals surface area contributed by atoms with Gasteiger partial charge in [0.25, 0.3) is 0 Å². The van der Waals surface area contributed by atoms with Gasteiger partial charge in [0.05, 0.1) is 18.9 Å². The number of aromatic nitrogens is 3. The van der Waals surface area contributed by atoms with Crippen LogP contribution in [0, 0.1) is 12.3 Å². The summed E-state index contributed by atoms with van der Waals surface area (Å²) >= 11 is 0. The summed E-state index contributed by atoms with van der Waals surface area (Å²) in [5.41, 5.74) is 3.66. The Labute approximate surface area is 173 Å². The number of nitrogens with zero attached hydrogens (tertiary/aromatic N) is 5. The molecule has 0 amide bonds. The third-order valence-electron chi connectivity index (χ3n) is 6.53. The Morgan fingerprint density at radius 1 is 1.21 bits per heavy atom. The predicted molar refractivity (Wildman–Crippen MR) is 112 cm³/mol. The Kier molecular flexibility index (Phi) is 5.90. The highest BCUT2D eigenvalue weighted by Gasteiger charge is 2.41. The van der Waals surface area contributed by atoms with Gasteiger partial charge in [-0.25, -0.2) is 0 Å². The first-order chi connectivity index (χ1) is 13.9. The third-order valence-corrected chi connectivity index (χ3v) is 6.53. The first-order valence-electron chi connectivity index (χ1n) is 10.6. The molecule has 0 saturated carbocycles. The number of rotatable bonds is 5. The van der Waals surface area contributed by atoms with Crippen LogP contribution in [0.5, 0.6) is 5.75 Å². The number of aliphatic hydroxyl groups excluding tert-OH is 1. The average Bonchev–Trinajstić information content (AvgIpc) is 3.09. The van der Waals surface area contributed by atoms with E-state index in [1.54, 1.807) is 11.8 Å². The van der Waals surface area contributed by atoms with Crippen LogP contribution in [0.3, 0.4) is 0 Å². The number of hydrogen-bond donors (Lipinski definition) is 1. The largest absolute Gasteiger partial charge is 0.496 e. The Hall–Kier alpha value is -1.96. The van der Waals surface area contributed by atoms with Crippen LogP contribution in [0.2, 0.25) is 0 Å². The van der Waals surface area contributed by atoms with Crippen molar-refractivity contribution >= 4 is 0 Å². The van der Waals surface area contributed by atoms with Gasteiger partial charge in [-0.1, -0.05) is 17.3 Å². The van der Waals surface area contributed by atoms with Crippen LogP contribution in [-0.2, 0) is 20.1 Å². The molecule has 1 spiro atoms. The second-order valence-electron chi connectivity index (χ2n) is 8.99. The van der Waals surface area contributed by atoms with Crippen molar-refractivity contribution in [3.05, 3.63) is 41.2 Å². The maximum absolute atomic E-state index is 10.6. The lowest BCUT2D eigenvalue weighted by atomic mass is 9.71. The molecule has 3 heterocycles. The van der Waals surface area contributed by atoms with E-state index in [1.165, 1.54) is 11.1 Å². The van der Waals surface area contributed by atoms with E-state index in [-0.39, 0.29) is 11.5 Å². The molecule has 2 aliphatic heterocycles. The molecule has 2 aliphatic rings. The highest BCUT2D eigenvalue weighted by molar-refractivity contribution is 5.36. The predicted octanol–water partition coefficient (Wildman–Crippen LogP) is 1.98. The fourth-order valence-corrected chi connectivity index (χ4v) is 5.05. The molecule has 0 bridgehead atoms. The molecule has 0 radical (unpaired) electrons. The van der Waals surface area contributed by atoms with E-state index in [9.17, 15) is 5.11 Å². The lowest BCUT2D eigenvalue weighted by Crippen LogP contribution is -2.53. The van der Waals surface area contributed by atoms with E-state index in [1.807, 2.05) is 13.2 Å². The molecule has 7 heteroatoms. The van der Waals surface area contributed by atoms with Crippen molar-refractivity contribution in [1.82, 2.24) is 24.8 Å². The van der Waals surface area contributed by atoms with Gasteiger partial charge in [-0.3, -0.25) is 14.5 Å². The molecule has 0 aliphatic carbocycles. The Balaban J connectivity index is 1.35. The minimum Gasteiger partial charge on any atom is -0.496 e. The third kappa shape index (κ3) is 4.79. The minimum atomic E-state index is -0.256. The smallest absolute Gasteiger partial charge is 0.122 e. The molecule has 2 fully saturated rings. The van der Waals surface area contributed by atoms with E-state index in [4.69, 9.17) is 4.74 Å². The molecular formula is C22H33N5O2. The summed E-state index contributed by atoms with van der Waals surface area (Å²) in [4.78, 5) is 4.89. The summed E-state index contributed by atoms with van der Waals surface area (Å²) in [6.45, 7) is 7.70. The van der Waals surface area contributed by atoms with Gasteiger partial charge < -0.3 is 9.84 Å². The van der Waals surface area contributed by atoms with E-state index >= 15 is 0 Å². The van der Waals surface area contributed by atoms with Crippen LogP contribution in [0.25, 0.3) is 0 Å². The summed E-state index contributed by atoms with van der Waals surface area (Å²) in [7, 11) is 3.63.